The van der Waals surface area contributed by atoms with Crippen LogP contribution in [-0.2, 0) is 4.79 Å². The number of amides is 2. The van der Waals surface area contributed by atoms with Crippen LogP contribution in [-0.4, -0.2) is 41.1 Å². The molecule has 1 saturated heterocycles. The van der Waals surface area contributed by atoms with E-state index in [4.69, 9.17) is 5.11 Å². The van der Waals surface area contributed by atoms with Crippen LogP contribution in [0.15, 0.2) is 0 Å². The van der Waals surface area contributed by atoms with Crippen molar-refractivity contribution in [2.24, 2.45) is 5.92 Å². The first-order valence-electron chi connectivity index (χ1n) is 5.83. The minimum atomic E-state index is -0.906. The minimum Gasteiger partial charge on any atom is -0.480 e. The number of carboxylic acids is 1. The van der Waals surface area contributed by atoms with Gasteiger partial charge in [-0.1, -0.05) is 20.3 Å². The lowest BCUT2D eigenvalue weighted by Gasteiger charge is -2.22. The smallest absolute Gasteiger partial charge is 0.326 e. The van der Waals surface area contributed by atoms with Gasteiger partial charge >= 0.3 is 12.0 Å². The summed E-state index contributed by atoms with van der Waals surface area (Å²) in [7, 11) is 0. The van der Waals surface area contributed by atoms with Crippen molar-refractivity contribution < 1.29 is 14.7 Å². The molecule has 1 fully saturated rings. The molecule has 16 heavy (non-hydrogen) atoms. The third-order valence-electron chi connectivity index (χ3n) is 3.10. The number of urea groups is 1. The first kappa shape index (κ1) is 12.8. The van der Waals surface area contributed by atoms with E-state index < -0.39 is 12.0 Å². The fourth-order valence-electron chi connectivity index (χ4n) is 1.77. The molecule has 1 aliphatic heterocycles. The number of likely N-dealkylation sites (tertiary alicyclic amines) is 1. The molecular weight excluding hydrogens is 208 g/mol. The molecule has 2 amide bonds. The van der Waals surface area contributed by atoms with E-state index in [1.54, 1.807) is 0 Å². The summed E-state index contributed by atoms with van der Waals surface area (Å²) in [6.45, 7) is 5.27. The lowest BCUT2D eigenvalue weighted by molar-refractivity contribution is -0.141. The maximum Gasteiger partial charge on any atom is 0.326 e. The summed E-state index contributed by atoms with van der Waals surface area (Å²) in [5.74, 6) is -0.481. The van der Waals surface area contributed by atoms with Gasteiger partial charge in [0.25, 0.3) is 0 Å². The van der Waals surface area contributed by atoms with Gasteiger partial charge in [-0.05, 0) is 18.8 Å². The van der Waals surface area contributed by atoms with Crippen molar-refractivity contribution in [2.75, 3.05) is 13.1 Å². The molecule has 1 rings (SSSR count). The number of hydrogen-bond acceptors (Lipinski definition) is 2. The largest absolute Gasteiger partial charge is 0.480 e. The third-order valence-corrected chi connectivity index (χ3v) is 3.10. The second kappa shape index (κ2) is 5.72. The quantitative estimate of drug-likeness (QED) is 0.761. The highest BCUT2D eigenvalue weighted by atomic mass is 16.4. The topological polar surface area (TPSA) is 69.6 Å². The number of nitrogens with one attached hydrogen (secondary N) is 1. The highest BCUT2D eigenvalue weighted by Crippen LogP contribution is 2.17. The van der Waals surface area contributed by atoms with Crippen molar-refractivity contribution in [1.82, 2.24) is 10.2 Å². The van der Waals surface area contributed by atoms with Crippen LogP contribution < -0.4 is 5.32 Å². The van der Waals surface area contributed by atoms with Gasteiger partial charge in [-0.3, -0.25) is 0 Å². The van der Waals surface area contributed by atoms with E-state index in [-0.39, 0.29) is 6.03 Å². The number of hydrogen-bond donors (Lipinski definition) is 2. The monoisotopic (exact) mass is 228 g/mol. The predicted molar refractivity (Wildman–Crippen MR) is 60.2 cm³/mol. The minimum absolute atomic E-state index is 0.245. The Labute approximate surface area is 95.8 Å². The zero-order valence-electron chi connectivity index (χ0n) is 9.90. The molecule has 0 aliphatic carbocycles. The normalized spacial score (nSPS) is 21.9. The summed E-state index contributed by atoms with van der Waals surface area (Å²) in [6.07, 6.45) is 2.34. The molecular formula is C11H20N2O3. The zero-order chi connectivity index (χ0) is 12.1. The summed E-state index contributed by atoms with van der Waals surface area (Å²) >= 11 is 0. The number of carboxylic acid groups (broad SMARTS) is 1. The van der Waals surface area contributed by atoms with Crippen LogP contribution in [0, 0.1) is 5.92 Å². The molecule has 0 saturated carbocycles. The molecule has 0 aromatic rings. The van der Waals surface area contributed by atoms with Gasteiger partial charge in [0.1, 0.15) is 6.04 Å². The second-order valence-electron chi connectivity index (χ2n) is 4.39. The predicted octanol–water partition coefficient (Wildman–Crippen LogP) is 1.29. The van der Waals surface area contributed by atoms with Crippen LogP contribution in [0.1, 0.15) is 33.1 Å². The van der Waals surface area contributed by atoms with Crippen molar-refractivity contribution >= 4 is 12.0 Å². The summed E-state index contributed by atoms with van der Waals surface area (Å²) in [6, 6.07) is -0.887. The fraction of sp³-hybridized carbons (Fsp3) is 0.818. The first-order valence-corrected chi connectivity index (χ1v) is 5.83. The third kappa shape index (κ3) is 3.12. The number of carbonyl (C=O) groups excluding carboxylic acids is 1. The number of rotatable bonds is 4. The maximum atomic E-state index is 11.7. The highest BCUT2D eigenvalue weighted by Gasteiger charge is 2.33. The number of nitrogens with zero attached hydrogens (tertiary/aromatic N) is 1. The molecule has 5 heteroatoms. The van der Waals surface area contributed by atoms with E-state index in [0.717, 1.165) is 12.8 Å². The molecule has 0 spiro atoms. The molecule has 0 radical (unpaired) electrons. The standard InChI is InChI=1S/C11H20N2O3/c1-3-8(2)7-12-11(16)13-6-4-5-9(13)10(14)15/h8-9H,3-7H2,1-2H3,(H,12,16)(H,14,15)/t8-,9?/m0/s1. The Kier molecular flexibility index (Phi) is 4.58. The lowest BCUT2D eigenvalue weighted by atomic mass is 10.1. The van der Waals surface area contributed by atoms with Crippen LogP contribution in [0.5, 0.6) is 0 Å². The van der Waals surface area contributed by atoms with Crippen molar-refractivity contribution in [3.8, 4) is 0 Å². The van der Waals surface area contributed by atoms with Crippen LogP contribution in [0.3, 0.4) is 0 Å². The van der Waals surface area contributed by atoms with Crippen LogP contribution >= 0.6 is 0 Å². The SMILES string of the molecule is CC[C@H](C)CNC(=O)N1CCCC1C(=O)O. The Morgan fingerprint density at radius 2 is 2.25 bits per heavy atom. The van der Waals surface area contributed by atoms with E-state index >= 15 is 0 Å². The Hall–Kier alpha value is -1.26. The van der Waals surface area contributed by atoms with Gasteiger partial charge in [0, 0.05) is 13.1 Å². The number of aliphatic carboxylic acids is 1. The molecule has 0 aromatic heterocycles. The van der Waals surface area contributed by atoms with Gasteiger partial charge in [-0.15, -0.1) is 0 Å². The summed E-state index contributed by atoms with van der Waals surface area (Å²) in [4.78, 5) is 24.0. The zero-order valence-corrected chi connectivity index (χ0v) is 9.90. The van der Waals surface area contributed by atoms with Gasteiger partial charge in [-0.25, -0.2) is 9.59 Å². The van der Waals surface area contributed by atoms with E-state index in [1.807, 2.05) is 0 Å². The molecule has 1 unspecified atom stereocenters. The van der Waals surface area contributed by atoms with Crippen LogP contribution in [0.2, 0.25) is 0 Å². The maximum absolute atomic E-state index is 11.7. The van der Waals surface area contributed by atoms with Gasteiger partial charge < -0.3 is 15.3 Å². The lowest BCUT2D eigenvalue weighted by Crippen LogP contribution is -2.46. The number of carbonyl (C=O) groups is 2. The fourth-order valence-corrected chi connectivity index (χ4v) is 1.77. The van der Waals surface area contributed by atoms with E-state index in [2.05, 4.69) is 19.2 Å². The molecule has 2 N–H and O–H groups in total. The molecule has 2 atom stereocenters. The van der Waals surface area contributed by atoms with Crippen LogP contribution in [0.4, 0.5) is 4.79 Å². The Morgan fingerprint density at radius 3 is 2.81 bits per heavy atom. The Bertz CT molecular complexity index is 268. The van der Waals surface area contributed by atoms with Crippen molar-refractivity contribution in [3.63, 3.8) is 0 Å². The van der Waals surface area contributed by atoms with Crippen LogP contribution in [0.25, 0.3) is 0 Å². The molecule has 0 bridgehead atoms. The Balaban J connectivity index is 2.44. The summed E-state index contributed by atoms with van der Waals surface area (Å²) in [5, 5.41) is 11.7. The first-order chi connectivity index (χ1) is 7.56. The van der Waals surface area contributed by atoms with Gasteiger partial charge in [-0.2, -0.15) is 0 Å². The van der Waals surface area contributed by atoms with Gasteiger partial charge in [0.15, 0.2) is 0 Å². The average molecular weight is 228 g/mol. The molecule has 5 nitrogen and oxygen atoms in total. The van der Waals surface area contributed by atoms with Crippen molar-refractivity contribution in [3.05, 3.63) is 0 Å². The van der Waals surface area contributed by atoms with Crippen molar-refractivity contribution in [1.29, 1.82) is 0 Å². The van der Waals surface area contributed by atoms with Gasteiger partial charge in [0.2, 0.25) is 0 Å². The van der Waals surface area contributed by atoms with Gasteiger partial charge in [0.05, 0.1) is 0 Å². The summed E-state index contributed by atoms with van der Waals surface area (Å²) < 4.78 is 0. The molecule has 0 aromatic carbocycles. The Morgan fingerprint density at radius 1 is 1.56 bits per heavy atom. The van der Waals surface area contributed by atoms with E-state index in [9.17, 15) is 9.59 Å². The molecule has 92 valence electrons. The summed E-state index contributed by atoms with van der Waals surface area (Å²) in [5.41, 5.74) is 0. The van der Waals surface area contributed by atoms with E-state index in [1.165, 1.54) is 4.90 Å². The van der Waals surface area contributed by atoms with E-state index in [0.29, 0.717) is 25.4 Å². The highest BCUT2D eigenvalue weighted by molar-refractivity contribution is 5.83. The average Bonchev–Trinajstić information content (AvgIpc) is 2.74. The second-order valence-corrected chi connectivity index (χ2v) is 4.39. The molecule has 1 aliphatic rings. The molecule has 1 heterocycles. The van der Waals surface area contributed by atoms with Crippen molar-refractivity contribution in [2.45, 2.75) is 39.2 Å².